The smallest absolute Gasteiger partial charge is 0.266 e. The lowest BCUT2D eigenvalue weighted by molar-refractivity contribution is -0.112. The van der Waals surface area contributed by atoms with E-state index in [2.05, 4.69) is 5.32 Å². The van der Waals surface area contributed by atoms with Gasteiger partial charge in [-0.3, -0.25) is 9.48 Å². The van der Waals surface area contributed by atoms with Gasteiger partial charge in [-0.15, -0.1) is 0 Å². The zero-order valence-electron chi connectivity index (χ0n) is 17.7. The van der Waals surface area contributed by atoms with E-state index in [4.69, 9.17) is 39.9 Å². The van der Waals surface area contributed by atoms with Crippen LogP contribution >= 0.6 is 34.8 Å². The van der Waals surface area contributed by atoms with Gasteiger partial charge < -0.3 is 5.32 Å². The predicted octanol–water partition coefficient (Wildman–Crippen LogP) is 7.10. The Morgan fingerprint density at radius 3 is 2.41 bits per heavy atom. The minimum absolute atomic E-state index is 0.0979. The molecule has 0 spiro atoms. The standard InChI is InChI=1S/C26H17Cl3N4O/c27-21-8-6-17(7-9-21)15-33-16-20(25(32-33)18-4-2-1-3-5-18)12-19(14-30)26(34)31-24-13-22(28)10-11-23(24)29/h1-13,16H,15H2,(H,31,34). The highest BCUT2D eigenvalue weighted by molar-refractivity contribution is 6.36. The number of amides is 1. The van der Waals surface area contributed by atoms with E-state index < -0.39 is 5.91 Å². The van der Waals surface area contributed by atoms with Crippen molar-refractivity contribution < 1.29 is 4.79 Å². The lowest BCUT2D eigenvalue weighted by atomic mass is 10.1. The van der Waals surface area contributed by atoms with E-state index in [-0.39, 0.29) is 5.57 Å². The third-order valence-corrected chi connectivity index (χ3v) is 5.75. The molecule has 0 aliphatic carbocycles. The van der Waals surface area contributed by atoms with Crippen LogP contribution in [0.15, 0.2) is 84.6 Å². The maximum Gasteiger partial charge on any atom is 0.266 e. The Balaban J connectivity index is 1.69. The molecule has 0 aliphatic rings. The number of carbonyl (C=O) groups excluding carboxylic acids is 1. The van der Waals surface area contributed by atoms with Gasteiger partial charge in [0.15, 0.2) is 0 Å². The Hall–Kier alpha value is -3.56. The number of hydrogen-bond donors (Lipinski definition) is 1. The number of rotatable bonds is 6. The van der Waals surface area contributed by atoms with Crippen LogP contribution in [-0.4, -0.2) is 15.7 Å². The summed E-state index contributed by atoms with van der Waals surface area (Å²) in [5, 5.41) is 18.5. The number of benzene rings is 3. The van der Waals surface area contributed by atoms with Gasteiger partial charge in [-0.05, 0) is 42.0 Å². The summed E-state index contributed by atoms with van der Waals surface area (Å²) in [5.74, 6) is -0.601. The molecule has 34 heavy (non-hydrogen) atoms. The first kappa shape index (κ1) is 23.6. The van der Waals surface area contributed by atoms with Gasteiger partial charge in [0.2, 0.25) is 0 Å². The van der Waals surface area contributed by atoms with Crippen LogP contribution in [0.5, 0.6) is 0 Å². The van der Waals surface area contributed by atoms with Crippen molar-refractivity contribution in [1.82, 2.24) is 9.78 Å². The highest BCUT2D eigenvalue weighted by Crippen LogP contribution is 2.27. The molecule has 3 aromatic carbocycles. The highest BCUT2D eigenvalue weighted by Gasteiger charge is 2.16. The highest BCUT2D eigenvalue weighted by atomic mass is 35.5. The lowest BCUT2D eigenvalue weighted by Gasteiger charge is -2.07. The topological polar surface area (TPSA) is 70.7 Å². The second-order valence-electron chi connectivity index (χ2n) is 7.37. The number of halogens is 3. The quantitative estimate of drug-likeness (QED) is 0.223. The van der Waals surface area contributed by atoms with Gasteiger partial charge in [0.25, 0.3) is 5.91 Å². The Kier molecular flexibility index (Phi) is 7.34. The zero-order valence-corrected chi connectivity index (χ0v) is 19.9. The number of anilines is 1. The maximum absolute atomic E-state index is 12.8. The molecule has 4 aromatic rings. The van der Waals surface area contributed by atoms with Crippen molar-refractivity contribution >= 4 is 52.5 Å². The van der Waals surface area contributed by atoms with E-state index in [1.54, 1.807) is 23.0 Å². The summed E-state index contributed by atoms with van der Waals surface area (Å²) in [6.45, 7) is 0.497. The molecule has 0 fully saturated rings. The van der Waals surface area contributed by atoms with Crippen LogP contribution in [0.4, 0.5) is 5.69 Å². The average molecular weight is 508 g/mol. The van der Waals surface area contributed by atoms with Crippen LogP contribution < -0.4 is 5.32 Å². The Labute approximate surface area is 211 Å². The van der Waals surface area contributed by atoms with Crippen molar-refractivity contribution in [2.45, 2.75) is 6.54 Å². The molecule has 4 rings (SSSR count). The summed E-state index contributed by atoms with van der Waals surface area (Å²) in [5.41, 5.74) is 3.37. The van der Waals surface area contributed by atoms with E-state index in [0.29, 0.717) is 38.6 Å². The number of nitrogens with zero attached hydrogens (tertiary/aromatic N) is 3. The molecule has 0 radical (unpaired) electrons. The number of nitrogens with one attached hydrogen (secondary N) is 1. The minimum Gasteiger partial charge on any atom is -0.320 e. The number of nitriles is 1. The number of carbonyl (C=O) groups is 1. The summed E-state index contributed by atoms with van der Waals surface area (Å²) in [6, 6.07) is 23.7. The third kappa shape index (κ3) is 5.67. The second kappa shape index (κ2) is 10.6. The minimum atomic E-state index is -0.601. The largest absolute Gasteiger partial charge is 0.320 e. The average Bonchev–Trinajstić information content (AvgIpc) is 3.24. The molecule has 0 aliphatic heterocycles. The molecular formula is C26H17Cl3N4O. The van der Waals surface area contributed by atoms with Crippen LogP contribution in [-0.2, 0) is 11.3 Å². The maximum atomic E-state index is 12.8. The summed E-state index contributed by atoms with van der Waals surface area (Å²) in [6.07, 6.45) is 3.31. The van der Waals surface area contributed by atoms with E-state index in [1.807, 2.05) is 60.7 Å². The van der Waals surface area contributed by atoms with Crippen molar-refractivity contribution in [1.29, 1.82) is 5.26 Å². The van der Waals surface area contributed by atoms with Crippen LogP contribution in [0, 0.1) is 11.3 Å². The summed E-state index contributed by atoms with van der Waals surface area (Å²) in [7, 11) is 0. The van der Waals surface area contributed by atoms with E-state index in [0.717, 1.165) is 11.1 Å². The van der Waals surface area contributed by atoms with Crippen LogP contribution in [0.3, 0.4) is 0 Å². The fraction of sp³-hybridized carbons (Fsp3) is 0.0385. The van der Waals surface area contributed by atoms with Gasteiger partial charge in [-0.25, -0.2) is 0 Å². The summed E-state index contributed by atoms with van der Waals surface area (Å²) in [4.78, 5) is 12.8. The zero-order chi connectivity index (χ0) is 24.1. The molecular weight excluding hydrogens is 491 g/mol. The van der Waals surface area contributed by atoms with Crippen molar-refractivity contribution in [3.05, 3.63) is 111 Å². The Morgan fingerprint density at radius 1 is 1.00 bits per heavy atom. The molecule has 1 N–H and O–H groups in total. The Bertz CT molecular complexity index is 1400. The monoisotopic (exact) mass is 506 g/mol. The van der Waals surface area contributed by atoms with Crippen LogP contribution in [0.2, 0.25) is 15.1 Å². The molecule has 8 heteroatoms. The molecule has 0 saturated heterocycles. The number of hydrogen-bond acceptors (Lipinski definition) is 3. The first-order chi connectivity index (χ1) is 16.4. The third-order valence-electron chi connectivity index (χ3n) is 4.94. The van der Waals surface area contributed by atoms with Crippen molar-refractivity contribution in [3.8, 4) is 17.3 Å². The molecule has 1 aromatic heterocycles. The van der Waals surface area contributed by atoms with E-state index in [9.17, 15) is 10.1 Å². The van der Waals surface area contributed by atoms with E-state index >= 15 is 0 Å². The van der Waals surface area contributed by atoms with E-state index in [1.165, 1.54) is 12.1 Å². The molecule has 1 amide bonds. The SMILES string of the molecule is N#CC(=Cc1cn(Cc2ccc(Cl)cc2)nc1-c1ccccc1)C(=O)Nc1cc(Cl)ccc1Cl. The van der Waals surface area contributed by atoms with Gasteiger partial charge in [-0.2, -0.15) is 10.4 Å². The lowest BCUT2D eigenvalue weighted by Crippen LogP contribution is -2.13. The first-order valence-electron chi connectivity index (χ1n) is 10.2. The van der Waals surface area contributed by atoms with Gasteiger partial charge in [-0.1, -0.05) is 77.3 Å². The molecule has 5 nitrogen and oxygen atoms in total. The van der Waals surface area contributed by atoms with Crippen molar-refractivity contribution in [2.24, 2.45) is 0 Å². The first-order valence-corrected chi connectivity index (χ1v) is 11.3. The number of aromatic nitrogens is 2. The molecule has 0 unspecified atom stereocenters. The molecule has 0 atom stereocenters. The van der Waals surface area contributed by atoms with Gasteiger partial charge in [0.05, 0.1) is 22.9 Å². The normalized spacial score (nSPS) is 11.2. The molecule has 1 heterocycles. The summed E-state index contributed by atoms with van der Waals surface area (Å²) < 4.78 is 1.76. The fourth-order valence-corrected chi connectivity index (χ4v) is 3.77. The van der Waals surface area contributed by atoms with Crippen molar-refractivity contribution in [2.75, 3.05) is 5.32 Å². The molecule has 0 saturated carbocycles. The van der Waals surface area contributed by atoms with Gasteiger partial charge in [0, 0.05) is 27.4 Å². The van der Waals surface area contributed by atoms with Crippen LogP contribution in [0.1, 0.15) is 11.1 Å². The Morgan fingerprint density at radius 2 is 1.71 bits per heavy atom. The summed E-state index contributed by atoms with van der Waals surface area (Å²) >= 11 is 18.1. The van der Waals surface area contributed by atoms with Gasteiger partial charge in [0.1, 0.15) is 11.6 Å². The van der Waals surface area contributed by atoms with Crippen LogP contribution in [0.25, 0.3) is 17.3 Å². The van der Waals surface area contributed by atoms with Crippen molar-refractivity contribution in [3.63, 3.8) is 0 Å². The fourth-order valence-electron chi connectivity index (χ4n) is 3.31. The second-order valence-corrected chi connectivity index (χ2v) is 8.65. The molecule has 0 bridgehead atoms. The van der Waals surface area contributed by atoms with Gasteiger partial charge >= 0.3 is 0 Å². The predicted molar refractivity (Wildman–Crippen MR) is 137 cm³/mol. The molecule has 168 valence electrons.